The Bertz CT molecular complexity index is 716. The monoisotopic (exact) mass is 282 g/mol. The van der Waals surface area contributed by atoms with E-state index in [1.54, 1.807) is 18.9 Å². The largest absolute Gasteiger partial charge is 0.496 e. The molecule has 100 valence electrons. The molecule has 2 aromatic heterocycles. The van der Waals surface area contributed by atoms with Crippen molar-refractivity contribution in [1.82, 2.24) is 9.97 Å². The molecule has 20 heavy (non-hydrogen) atoms. The predicted molar refractivity (Wildman–Crippen MR) is 82.1 cm³/mol. The smallest absolute Gasteiger partial charge is 0.126 e. The van der Waals surface area contributed by atoms with Gasteiger partial charge in [-0.25, -0.2) is 4.98 Å². The van der Waals surface area contributed by atoms with Crippen LogP contribution < -0.4 is 4.74 Å². The normalized spacial score (nSPS) is 10.7. The summed E-state index contributed by atoms with van der Waals surface area (Å²) in [7, 11) is 1.69. The molecular weight excluding hydrogens is 268 g/mol. The van der Waals surface area contributed by atoms with E-state index in [0.717, 1.165) is 33.0 Å². The van der Waals surface area contributed by atoms with Crippen molar-refractivity contribution in [3.63, 3.8) is 0 Å². The van der Waals surface area contributed by atoms with Crippen LogP contribution in [0.5, 0.6) is 5.75 Å². The van der Waals surface area contributed by atoms with Gasteiger partial charge in [-0.3, -0.25) is 4.98 Å². The lowest BCUT2D eigenvalue weighted by Gasteiger charge is -2.08. The fourth-order valence-electron chi connectivity index (χ4n) is 2.07. The average Bonchev–Trinajstić information content (AvgIpc) is 2.53. The first-order valence-electron chi connectivity index (χ1n) is 6.33. The maximum absolute atomic E-state index is 5.40. The Hall–Kier alpha value is -2.07. The highest BCUT2D eigenvalue weighted by molar-refractivity contribution is 7.98. The number of benzene rings is 1. The lowest BCUT2D eigenvalue weighted by Crippen LogP contribution is -1.89. The molecule has 0 saturated carbocycles. The van der Waals surface area contributed by atoms with E-state index >= 15 is 0 Å². The van der Waals surface area contributed by atoms with Crippen LogP contribution in [-0.2, 0) is 5.75 Å². The average molecular weight is 282 g/mol. The van der Waals surface area contributed by atoms with Crippen LogP contribution in [-0.4, -0.2) is 17.1 Å². The van der Waals surface area contributed by atoms with Crippen LogP contribution in [0.15, 0.2) is 59.9 Å². The SMILES string of the molecule is COc1cccc2c(SCc3ccccn3)nccc12. The zero-order valence-corrected chi connectivity index (χ0v) is 11.9. The molecule has 2 heterocycles. The Morgan fingerprint density at radius 3 is 2.70 bits per heavy atom. The van der Waals surface area contributed by atoms with Crippen LogP contribution >= 0.6 is 11.8 Å². The molecule has 0 amide bonds. The fourth-order valence-corrected chi connectivity index (χ4v) is 2.99. The molecule has 0 saturated heterocycles. The molecule has 0 aliphatic carbocycles. The van der Waals surface area contributed by atoms with Crippen LogP contribution in [0.4, 0.5) is 0 Å². The first kappa shape index (κ1) is 12.9. The summed E-state index contributed by atoms with van der Waals surface area (Å²) in [4.78, 5) is 8.81. The molecule has 3 rings (SSSR count). The number of thioether (sulfide) groups is 1. The molecule has 0 atom stereocenters. The van der Waals surface area contributed by atoms with Crippen molar-refractivity contribution in [1.29, 1.82) is 0 Å². The van der Waals surface area contributed by atoms with Gasteiger partial charge in [0.2, 0.25) is 0 Å². The molecule has 1 aromatic carbocycles. The van der Waals surface area contributed by atoms with Crippen LogP contribution in [0.2, 0.25) is 0 Å². The van der Waals surface area contributed by atoms with E-state index in [9.17, 15) is 0 Å². The van der Waals surface area contributed by atoms with Gasteiger partial charge in [0.15, 0.2) is 0 Å². The third-order valence-electron chi connectivity index (χ3n) is 3.03. The maximum Gasteiger partial charge on any atom is 0.126 e. The number of methoxy groups -OCH3 is 1. The molecule has 0 aliphatic heterocycles. The summed E-state index contributed by atoms with van der Waals surface area (Å²) in [6.45, 7) is 0. The Balaban J connectivity index is 1.92. The highest BCUT2D eigenvalue weighted by Crippen LogP contribution is 2.32. The van der Waals surface area contributed by atoms with E-state index in [1.807, 2.05) is 48.8 Å². The fraction of sp³-hybridized carbons (Fsp3) is 0.125. The lowest BCUT2D eigenvalue weighted by molar-refractivity contribution is 0.419. The summed E-state index contributed by atoms with van der Waals surface area (Å²) in [5.74, 6) is 1.69. The van der Waals surface area contributed by atoms with E-state index in [0.29, 0.717) is 0 Å². The van der Waals surface area contributed by atoms with E-state index in [4.69, 9.17) is 4.74 Å². The molecule has 0 unspecified atom stereocenters. The van der Waals surface area contributed by atoms with Crippen molar-refractivity contribution in [2.75, 3.05) is 7.11 Å². The summed E-state index contributed by atoms with van der Waals surface area (Å²) in [6.07, 6.45) is 3.64. The minimum Gasteiger partial charge on any atom is -0.496 e. The van der Waals surface area contributed by atoms with Crippen molar-refractivity contribution in [2.45, 2.75) is 10.8 Å². The molecule has 0 N–H and O–H groups in total. The number of hydrogen-bond acceptors (Lipinski definition) is 4. The number of fused-ring (bicyclic) bond motifs is 1. The molecule has 0 spiro atoms. The molecule has 0 radical (unpaired) electrons. The number of ether oxygens (including phenoxy) is 1. The van der Waals surface area contributed by atoms with E-state index in [-0.39, 0.29) is 0 Å². The third-order valence-corrected chi connectivity index (χ3v) is 4.07. The van der Waals surface area contributed by atoms with Crippen molar-refractivity contribution in [3.05, 3.63) is 60.6 Å². The minimum absolute atomic E-state index is 0.810. The van der Waals surface area contributed by atoms with Gasteiger partial charge in [-0.05, 0) is 24.3 Å². The predicted octanol–water partition coefficient (Wildman–Crippen LogP) is 3.93. The Morgan fingerprint density at radius 2 is 1.90 bits per heavy atom. The van der Waals surface area contributed by atoms with Crippen LogP contribution in [0.25, 0.3) is 10.8 Å². The van der Waals surface area contributed by atoms with Gasteiger partial charge in [-0.1, -0.05) is 30.0 Å². The van der Waals surface area contributed by atoms with Gasteiger partial charge in [-0.15, -0.1) is 0 Å². The maximum atomic E-state index is 5.40. The highest BCUT2D eigenvalue weighted by Gasteiger charge is 2.07. The zero-order chi connectivity index (χ0) is 13.8. The van der Waals surface area contributed by atoms with Crippen molar-refractivity contribution < 1.29 is 4.74 Å². The van der Waals surface area contributed by atoms with Crippen LogP contribution in [0, 0.1) is 0 Å². The van der Waals surface area contributed by atoms with Gasteiger partial charge in [0, 0.05) is 28.9 Å². The molecule has 0 fully saturated rings. The Labute approximate surface area is 122 Å². The molecule has 0 bridgehead atoms. The molecule has 0 aliphatic rings. The first-order chi connectivity index (χ1) is 9.88. The number of rotatable bonds is 4. The van der Waals surface area contributed by atoms with Crippen LogP contribution in [0.1, 0.15) is 5.69 Å². The highest BCUT2D eigenvalue weighted by atomic mass is 32.2. The van der Waals surface area contributed by atoms with Crippen LogP contribution in [0.3, 0.4) is 0 Å². The van der Waals surface area contributed by atoms with E-state index in [1.165, 1.54) is 0 Å². The minimum atomic E-state index is 0.810. The summed E-state index contributed by atoms with van der Waals surface area (Å²) in [5.41, 5.74) is 1.05. The Morgan fingerprint density at radius 1 is 0.950 bits per heavy atom. The summed E-state index contributed by atoms with van der Waals surface area (Å²) < 4.78 is 5.40. The second-order valence-corrected chi connectivity index (χ2v) is 5.25. The van der Waals surface area contributed by atoms with Crippen molar-refractivity contribution in [3.8, 4) is 5.75 Å². The summed E-state index contributed by atoms with van der Waals surface area (Å²) >= 11 is 1.69. The number of aromatic nitrogens is 2. The van der Waals surface area contributed by atoms with Gasteiger partial charge in [-0.2, -0.15) is 0 Å². The van der Waals surface area contributed by atoms with Crippen molar-refractivity contribution >= 4 is 22.5 Å². The molecule has 3 aromatic rings. The third kappa shape index (κ3) is 2.60. The van der Waals surface area contributed by atoms with E-state index < -0.39 is 0 Å². The summed E-state index contributed by atoms with van der Waals surface area (Å²) in [6, 6.07) is 14.0. The van der Waals surface area contributed by atoms with Crippen molar-refractivity contribution in [2.24, 2.45) is 0 Å². The number of pyridine rings is 2. The standard InChI is InChI=1S/C16H14N2OS/c1-19-15-7-4-6-14-13(15)8-10-18-16(14)20-11-12-5-2-3-9-17-12/h2-10H,11H2,1H3. The Kier molecular flexibility index (Phi) is 3.83. The number of nitrogens with zero attached hydrogens (tertiary/aromatic N) is 2. The number of hydrogen-bond donors (Lipinski definition) is 0. The van der Waals surface area contributed by atoms with Gasteiger partial charge in [0.1, 0.15) is 10.8 Å². The second-order valence-electron chi connectivity index (χ2n) is 4.28. The zero-order valence-electron chi connectivity index (χ0n) is 11.1. The first-order valence-corrected chi connectivity index (χ1v) is 7.31. The van der Waals surface area contributed by atoms with Gasteiger partial charge in [0.05, 0.1) is 12.8 Å². The lowest BCUT2D eigenvalue weighted by atomic mass is 10.1. The summed E-state index contributed by atoms with van der Waals surface area (Å²) in [5, 5.41) is 3.22. The topological polar surface area (TPSA) is 35.0 Å². The van der Waals surface area contributed by atoms with E-state index in [2.05, 4.69) is 16.0 Å². The molecule has 3 nitrogen and oxygen atoms in total. The van der Waals surface area contributed by atoms with Gasteiger partial charge in [0.25, 0.3) is 0 Å². The molecular formula is C16H14N2OS. The second kappa shape index (κ2) is 5.92. The van der Waals surface area contributed by atoms with Gasteiger partial charge < -0.3 is 4.74 Å². The van der Waals surface area contributed by atoms with Gasteiger partial charge >= 0.3 is 0 Å². The molecule has 4 heteroatoms. The quantitative estimate of drug-likeness (QED) is 0.679.